The van der Waals surface area contributed by atoms with E-state index in [0.29, 0.717) is 25.8 Å². The van der Waals surface area contributed by atoms with Crippen molar-refractivity contribution in [3.05, 3.63) is 0 Å². The fourth-order valence-electron chi connectivity index (χ4n) is 3.33. The number of aliphatic carboxylic acids is 1. The number of aliphatic imine (C=N–C) groups is 1. The summed E-state index contributed by atoms with van der Waals surface area (Å²) in [5, 5.41) is 39.3. The maximum Gasteiger partial charge on any atom is 0.328 e. The molecule has 0 aromatic rings. The number of guanidine groups is 1. The molecule has 0 spiro atoms. The molecule has 0 aliphatic rings. The summed E-state index contributed by atoms with van der Waals surface area (Å²) in [6.45, 7) is 4.75. The van der Waals surface area contributed by atoms with Gasteiger partial charge >= 0.3 is 5.97 Å². The van der Waals surface area contributed by atoms with Gasteiger partial charge in [-0.1, -0.05) is 27.2 Å². The van der Waals surface area contributed by atoms with Crippen LogP contribution in [0.2, 0.25) is 0 Å². The summed E-state index contributed by atoms with van der Waals surface area (Å²) < 4.78 is 0. The number of nitrogens with zero attached hydrogens (tertiary/aromatic N) is 1. The van der Waals surface area contributed by atoms with E-state index in [1.165, 1.54) is 6.92 Å². The molecule has 0 saturated carbocycles. The lowest BCUT2D eigenvalue weighted by Crippen LogP contribution is -2.59. The summed E-state index contributed by atoms with van der Waals surface area (Å²) in [4.78, 5) is 76.9. The molecule has 12 N–H and O–H groups in total. The Bertz CT molecular complexity index is 940. The molecule has 0 radical (unpaired) electrons. The molecule has 5 amide bonds. The largest absolute Gasteiger partial charge is 0.480 e. The van der Waals surface area contributed by atoms with Gasteiger partial charge in [-0.15, -0.1) is 0 Å². The molecule has 0 aliphatic carbocycles. The normalized spacial score (nSPS) is 15.1. The number of carbonyl (C=O) groups excluding carboxylic acids is 5. The number of aliphatic hydroxyl groups is 2. The lowest BCUT2D eigenvalue weighted by atomic mass is 9.96. The van der Waals surface area contributed by atoms with Crippen LogP contribution in [-0.2, 0) is 28.8 Å². The van der Waals surface area contributed by atoms with E-state index >= 15 is 0 Å². The molecule has 0 bridgehead atoms. The van der Waals surface area contributed by atoms with E-state index in [-0.39, 0.29) is 17.8 Å². The maximum atomic E-state index is 13.1. The molecule has 0 aromatic heterocycles. The Hall–Kier alpha value is -3.99. The van der Waals surface area contributed by atoms with E-state index in [4.69, 9.17) is 21.7 Å². The van der Waals surface area contributed by atoms with Crippen LogP contribution in [0.3, 0.4) is 0 Å². The van der Waals surface area contributed by atoms with Crippen molar-refractivity contribution in [3.8, 4) is 0 Å². The molecule has 234 valence electrons. The van der Waals surface area contributed by atoms with Crippen LogP contribution >= 0.6 is 0 Å². The third kappa shape index (κ3) is 14.8. The molecule has 17 heteroatoms. The highest BCUT2D eigenvalue weighted by molar-refractivity contribution is 5.94. The predicted octanol–water partition coefficient (Wildman–Crippen LogP) is -4.13. The fraction of sp³-hybridized carbons (Fsp3) is 0.708. The monoisotopic (exact) mass is 588 g/mol. The number of carboxylic acids is 1. The van der Waals surface area contributed by atoms with Crippen LogP contribution in [0.5, 0.6) is 0 Å². The minimum Gasteiger partial charge on any atom is -0.480 e. The summed E-state index contributed by atoms with van der Waals surface area (Å²) in [5.41, 5.74) is 10.6. The van der Waals surface area contributed by atoms with Gasteiger partial charge in [0.05, 0.1) is 25.8 Å². The Labute approximate surface area is 238 Å². The SMILES string of the molecule is CC[C@H](C)[C@H](NC(=O)[C@H](C)CCCN=C(N)N)C(=O)N[C@H](C(=O)NCC(=O)NCC(=O)N[C@@H](CO)C(=O)O)[C@H](C)O. The third-order valence-corrected chi connectivity index (χ3v) is 6.08. The van der Waals surface area contributed by atoms with E-state index in [9.17, 15) is 33.9 Å². The highest BCUT2D eigenvalue weighted by Gasteiger charge is 2.33. The van der Waals surface area contributed by atoms with Crippen molar-refractivity contribution >= 4 is 41.5 Å². The van der Waals surface area contributed by atoms with E-state index in [0.717, 1.165) is 0 Å². The minimum atomic E-state index is -1.54. The number of hydrogen-bond acceptors (Lipinski definition) is 9. The summed E-state index contributed by atoms with van der Waals surface area (Å²) >= 11 is 0. The van der Waals surface area contributed by atoms with Gasteiger partial charge in [-0.05, 0) is 25.7 Å². The van der Waals surface area contributed by atoms with Crippen LogP contribution in [0.25, 0.3) is 0 Å². The van der Waals surface area contributed by atoms with E-state index < -0.39 is 79.4 Å². The molecule has 0 heterocycles. The van der Waals surface area contributed by atoms with Gasteiger partial charge in [0.25, 0.3) is 0 Å². The van der Waals surface area contributed by atoms with Crippen molar-refractivity contribution in [3.63, 3.8) is 0 Å². The number of nitrogens with two attached hydrogens (primary N) is 2. The molecule has 6 atom stereocenters. The van der Waals surface area contributed by atoms with Gasteiger partial charge in [0.2, 0.25) is 29.5 Å². The van der Waals surface area contributed by atoms with Crippen LogP contribution in [0, 0.1) is 11.8 Å². The van der Waals surface area contributed by atoms with Crippen LogP contribution in [0.15, 0.2) is 4.99 Å². The number of hydrogen-bond donors (Lipinski definition) is 10. The van der Waals surface area contributed by atoms with Crippen molar-refractivity contribution in [2.24, 2.45) is 28.3 Å². The second kappa shape index (κ2) is 19.1. The van der Waals surface area contributed by atoms with E-state index in [2.05, 4.69) is 26.3 Å². The van der Waals surface area contributed by atoms with Crippen LogP contribution < -0.4 is 38.1 Å². The molecule has 0 fully saturated rings. The highest BCUT2D eigenvalue weighted by atomic mass is 16.4. The number of rotatable bonds is 19. The molecular weight excluding hydrogens is 544 g/mol. The Kier molecular flexibility index (Phi) is 17.3. The number of aliphatic hydroxyl groups excluding tert-OH is 2. The number of carboxylic acid groups (broad SMARTS) is 1. The van der Waals surface area contributed by atoms with Crippen LogP contribution in [0.4, 0.5) is 0 Å². The minimum absolute atomic E-state index is 0.0507. The van der Waals surface area contributed by atoms with Gasteiger partial charge in [0.1, 0.15) is 18.1 Å². The Balaban J connectivity index is 5.08. The van der Waals surface area contributed by atoms with E-state index in [1.54, 1.807) is 13.8 Å². The lowest BCUT2D eigenvalue weighted by molar-refractivity contribution is -0.142. The average molecular weight is 589 g/mol. The number of amides is 5. The maximum absolute atomic E-state index is 13.1. The van der Waals surface area contributed by atoms with Gasteiger partial charge in [-0.25, -0.2) is 4.79 Å². The zero-order valence-corrected chi connectivity index (χ0v) is 23.8. The summed E-state index contributed by atoms with van der Waals surface area (Å²) in [6.07, 6.45) is 0.145. The first-order valence-electron chi connectivity index (χ1n) is 13.2. The summed E-state index contributed by atoms with van der Waals surface area (Å²) in [5.74, 6) is -6.00. The topological polar surface area (TPSA) is 288 Å². The second-order valence-electron chi connectivity index (χ2n) is 9.58. The second-order valence-corrected chi connectivity index (χ2v) is 9.58. The van der Waals surface area contributed by atoms with Gasteiger partial charge in [-0.2, -0.15) is 0 Å². The summed E-state index contributed by atoms with van der Waals surface area (Å²) in [6, 6.07) is -4.03. The molecule has 17 nitrogen and oxygen atoms in total. The zero-order valence-electron chi connectivity index (χ0n) is 23.8. The van der Waals surface area contributed by atoms with Gasteiger partial charge in [-0.3, -0.25) is 29.0 Å². The number of carbonyl (C=O) groups is 6. The average Bonchev–Trinajstić information content (AvgIpc) is 2.91. The van der Waals surface area contributed by atoms with Crippen LogP contribution in [0.1, 0.15) is 47.0 Å². The Morgan fingerprint density at radius 3 is 1.93 bits per heavy atom. The molecule has 0 aliphatic heterocycles. The van der Waals surface area contributed by atoms with Crippen LogP contribution in [-0.4, -0.2) is 107 Å². The predicted molar refractivity (Wildman–Crippen MR) is 147 cm³/mol. The molecule has 0 saturated heterocycles. The lowest BCUT2D eigenvalue weighted by Gasteiger charge is -2.28. The first kappa shape index (κ1) is 37.0. The first-order valence-corrected chi connectivity index (χ1v) is 13.2. The highest BCUT2D eigenvalue weighted by Crippen LogP contribution is 2.12. The molecule has 0 unspecified atom stereocenters. The molecule has 0 rings (SSSR count). The molecule has 0 aromatic carbocycles. The summed E-state index contributed by atoms with van der Waals surface area (Å²) in [7, 11) is 0. The van der Waals surface area contributed by atoms with Gasteiger partial charge in [0.15, 0.2) is 5.96 Å². The molecular formula is C24H44N8O9. The van der Waals surface area contributed by atoms with E-state index in [1.807, 2.05) is 12.2 Å². The quantitative estimate of drug-likeness (QED) is 0.0392. The number of nitrogens with one attached hydrogen (secondary N) is 5. The third-order valence-electron chi connectivity index (χ3n) is 6.08. The van der Waals surface area contributed by atoms with Crippen molar-refractivity contribution < 1.29 is 44.1 Å². The van der Waals surface area contributed by atoms with Gasteiger partial charge < -0.3 is 53.4 Å². The van der Waals surface area contributed by atoms with Crippen molar-refractivity contribution in [1.29, 1.82) is 0 Å². The van der Waals surface area contributed by atoms with Crippen molar-refractivity contribution in [1.82, 2.24) is 26.6 Å². The molecule has 41 heavy (non-hydrogen) atoms. The standard InChI is InChI=1S/C24H44N8O9/c1-5-12(2)18(31-20(37)13(3)7-6-8-27-24(25)26)22(39)32-19(14(4)34)21(38)29-9-16(35)28-10-17(36)30-15(11-33)23(40)41/h12-15,18-19,33-34H,5-11H2,1-4H3,(H,28,35)(H,29,38)(H,30,36)(H,31,37)(H,32,39)(H,40,41)(H4,25,26,27)/t12-,13+,14-,15-,18-,19-/m0/s1. The zero-order chi connectivity index (χ0) is 31.7. The smallest absolute Gasteiger partial charge is 0.328 e. The van der Waals surface area contributed by atoms with Gasteiger partial charge in [0, 0.05) is 12.5 Å². The Morgan fingerprint density at radius 1 is 0.829 bits per heavy atom. The fourth-order valence-corrected chi connectivity index (χ4v) is 3.33. The van der Waals surface area contributed by atoms with Crippen molar-refractivity contribution in [2.75, 3.05) is 26.2 Å². The van der Waals surface area contributed by atoms with Crippen molar-refractivity contribution in [2.45, 2.75) is 71.2 Å². The Morgan fingerprint density at radius 2 is 1.41 bits per heavy atom. The first-order chi connectivity index (χ1) is 19.1.